The first-order valence-electron chi connectivity index (χ1n) is 7.69. The van der Waals surface area contributed by atoms with Crippen molar-refractivity contribution in [3.8, 4) is 0 Å². The molecule has 6 heteroatoms. The number of rotatable bonds is 4. The van der Waals surface area contributed by atoms with Crippen molar-refractivity contribution in [1.29, 1.82) is 0 Å². The Morgan fingerprint density at radius 3 is 3.00 bits per heavy atom. The number of carbonyl (C=O) groups excluding carboxylic acids is 1. The number of piperidine rings is 1. The van der Waals surface area contributed by atoms with E-state index in [1.54, 1.807) is 13.3 Å². The summed E-state index contributed by atoms with van der Waals surface area (Å²) in [5, 5.41) is 2.98. The number of carbonyl (C=O) groups is 1. The van der Waals surface area contributed by atoms with Crippen LogP contribution in [0.4, 0.5) is 10.6 Å². The van der Waals surface area contributed by atoms with Crippen LogP contribution in [0.3, 0.4) is 0 Å². The number of pyridine rings is 1. The van der Waals surface area contributed by atoms with Crippen molar-refractivity contribution < 1.29 is 9.53 Å². The molecule has 0 bridgehead atoms. The zero-order valence-corrected chi connectivity index (χ0v) is 13.9. The summed E-state index contributed by atoms with van der Waals surface area (Å²) in [5.41, 5.74) is 1.04. The Kier molecular flexibility index (Phi) is 5.60. The highest BCUT2D eigenvalue weighted by Crippen LogP contribution is 2.19. The van der Waals surface area contributed by atoms with Crippen LogP contribution in [0.5, 0.6) is 0 Å². The number of methoxy groups -OCH3 is 1. The molecule has 0 aliphatic carbocycles. The van der Waals surface area contributed by atoms with Gasteiger partial charge in [0, 0.05) is 47.0 Å². The van der Waals surface area contributed by atoms with E-state index in [0.29, 0.717) is 19.0 Å². The second-order valence-electron chi connectivity index (χ2n) is 6.06. The number of ether oxygens (including phenoxy) is 1. The highest BCUT2D eigenvalue weighted by molar-refractivity contribution is 5.74. The van der Waals surface area contributed by atoms with Gasteiger partial charge in [-0.3, -0.25) is 0 Å². The maximum absolute atomic E-state index is 12.3. The van der Waals surface area contributed by atoms with Gasteiger partial charge in [-0.05, 0) is 30.0 Å². The van der Waals surface area contributed by atoms with Gasteiger partial charge in [0.2, 0.25) is 0 Å². The maximum atomic E-state index is 12.3. The van der Waals surface area contributed by atoms with Gasteiger partial charge in [-0.2, -0.15) is 0 Å². The Balaban J connectivity index is 1.89. The van der Waals surface area contributed by atoms with Gasteiger partial charge in [-0.25, -0.2) is 9.78 Å². The van der Waals surface area contributed by atoms with Crippen LogP contribution in [0.15, 0.2) is 18.3 Å². The highest BCUT2D eigenvalue weighted by atomic mass is 16.5. The normalized spacial score (nSPS) is 21.5. The molecule has 0 unspecified atom stereocenters. The number of nitrogens with one attached hydrogen (secondary N) is 1. The van der Waals surface area contributed by atoms with E-state index in [4.69, 9.17) is 4.74 Å². The van der Waals surface area contributed by atoms with Gasteiger partial charge in [-0.1, -0.05) is 6.92 Å². The number of hydrogen-bond donors (Lipinski definition) is 1. The summed E-state index contributed by atoms with van der Waals surface area (Å²) < 4.78 is 5.45. The molecule has 1 fully saturated rings. The Bertz CT molecular complexity index is 507. The molecule has 1 N–H and O–H groups in total. The topological polar surface area (TPSA) is 57.7 Å². The van der Waals surface area contributed by atoms with Crippen LogP contribution in [-0.4, -0.2) is 56.3 Å². The van der Waals surface area contributed by atoms with E-state index in [1.807, 2.05) is 36.0 Å². The zero-order valence-electron chi connectivity index (χ0n) is 13.9. The second-order valence-corrected chi connectivity index (χ2v) is 6.06. The lowest BCUT2D eigenvalue weighted by Crippen LogP contribution is -2.50. The number of likely N-dealkylation sites (tertiary alicyclic amines) is 1. The first-order chi connectivity index (χ1) is 10.5. The fourth-order valence-electron chi connectivity index (χ4n) is 2.63. The molecule has 1 aliphatic rings. The van der Waals surface area contributed by atoms with Crippen molar-refractivity contribution in [3.05, 3.63) is 23.9 Å². The van der Waals surface area contributed by atoms with Crippen molar-refractivity contribution in [2.75, 3.05) is 39.2 Å². The Labute approximate surface area is 132 Å². The van der Waals surface area contributed by atoms with E-state index >= 15 is 0 Å². The zero-order chi connectivity index (χ0) is 16.1. The van der Waals surface area contributed by atoms with Crippen LogP contribution in [0.25, 0.3) is 0 Å². The molecule has 1 aromatic rings. The predicted molar refractivity (Wildman–Crippen MR) is 87.0 cm³/mol. The molecule has 0 radical (unpaired) electrons. The highest BCUT2D eigenvalue weighted by Gasteiger charge is 2.28. The third kappa shape index (κ3) is 4.10. The largest absolute Gasteiger partial charge is 0.379 e. The fourth-order valence-corrected chi connectivity index (χ4v) is 2.63. The number of aromatic nitrogens is 1. The third-order valence-corrected chi connectivity index (χ3v) is 4.19. The van der Waals surface area contributed by atoms with Gasteiger partial charge in [0.05, 0.1) is 6.10 Å². The molecule has 6 nitrogen and oxygen atoms in total. The molecule has 2 heterocycles. The van der Waals surface area contributed by atoms with Crippen molar-refractivity contribution in [2.45, 2.75) is 26.0 Å². The summed E-state index contributed by atoms with van der Waals surface area (Å²) in [6, 6.07) is 3.87. The number of urea groups is 1. The maximum Gasteiger partial charge on any atom is 0.317 e. The van der Waals surface area contributed by atoms with Crippen molar-refractivity contribution in [2.24, 2.45) is 5.92 Å². The molecule has 122 valence electrons. The number of hydrogen-bond acceptors (Lipinski definition) is 4. The summed E-state index contributed by atoms with van der Waals surface area (Å²) in [5.74, 6) is 1.38. The monoisotopic (exact) mass is 306 g/mol. The van der Waals surface area contributed by atoms with Crippen LogP contribution in [0.2, 0.25) is 0 Å². The van der Waals surface area contributed by atoms with Crippen LogP contribution >= 0.6 is 0 Å². The molecule has 1 aliphatic heterocycles. The molecule has 1 saturated heterocycles. The SMILES string of the molecule is CO[C@@H]1CN(C(=O)NCc2ccnc(N(C)C)c2)CC[C@H]1C. The van der Waals surface area contributed by atoms with Crippen LogP contribution in [-0.2, 0) is 11.3 Å². The van der Waals surface area contributed by atoms with Gasteiger partial charge >= 0.3 is 6.03 Å². The quantitative estimate of drug-likeness (QED) is 0.920. The predicted octanol–water partition coefficient (Wildman–Crippen LogP) is 1.71. The van der Waals surface area contributed by atoms with E-state index in [2.05, 4.69) is 17.2 Å². The van der Waals surface area contributed by atoms with E-state index in [-0.39, 0.29) is 12.1 Å². The van der Waals surface area contributed by atoms with Crippen LogP contribution in [0.1, 0.15) is 18.9 Å². The average molecular weight is 306 g/mol. The number of anilines is 1. The first kappa shape index (κ1) is 16.5. The van der Waals surface area contributed by atoms with E-state index in [0.717, 1.165) is 24.3 Å². The molecule has 2 amide bonds. The molecular formula is C16H26N4O2. The van der Waals surface area contributed by atoms with Gasteiger partial charge in [0.15, 0.2) is 0 Å². The van der Waals surface area contributed by atoms with Crippen molar-refractivity contribution in [3.63, 3.8) is 0 Å². The van der Waals surface area contributed by atoms with Gasteiger partial charge in [-0.15, -0.1) is 0 Å². The molecule has 2 rings (SSSR count). The Morgan fingerprint density at radius 2 is 2.32 bits per heavy atom. The molecule has 0 aromatic carbocycles. The fraction of sp³-hybridized carbons (Fsp3) is 0.625. The molecule has 22 heavy (non-hydrogen) atoms. The van der Waals surface area contributed by atoms with Crippen LogP contribution in [0, 0.1) is 5.92 Å². The average Bonchev–Trinajstić information content (AvgIpc) is 2.53. The Morgan fingerprint density at radius 1 is 1.55 bits per heavy atom. The molecule has 0 saturated carbocycles. The minimum Gasteiger partial charge on any atom is -0.379 e. The summed E-state index contributed by atoms with van der Waals surface area (Å²) in [4.78, 5) is 20.3. The lowest BCUT2D eigenvalue weighted by atomic mass is 9.96. The van der Waals surface area contributed by atoms with Gasteiger partial charge < -0.3 is 19.9 Å². The summed E-state index contributed by atoms with van der Waals surface area (Å²) in [6.45, 7) is 4.12. The smallest absolute Gasteiger partial charge is 0.317 e. The third-order valence-electron chi connectivity index (χ3n) is 4.19. The lowest BCUT2D eigenvalue weighted by Gasteiger charge is -2.36. The number of nitrogens with zero attached hydrogens (tertiary/aromatic N) is 3. The first-order valence-corrected chi connectivity index (χ1v) is 7.69. The van der Waals surface area contributed by atoms with Crippen molar-refractivity contribution in [1.82, 2.24) is 15.2 Å². The molecule has 2 atom stereocenters. The molecular weight excluding hydrogens is 280 g/mol. The minimum absolute atomic E-state index is 0.0304. The van der Waals surface area contributed by atoms with Gasteiger partial charge in [0.25, 0.3) is 0 Å². The van der Waals surface area contributed by atoms with E-state index in [9.17, 15) is 4.79 Å². The Hall–Kier alpha value is -1.82. The van der Waals surface area contributed by atoms with Gasteiger partial charge in [0.1, 0.15) is 5.82 Å². The summed E-state index contributed by atoms with van der Waals surface area (Å²) in [7, 11) is 5.61. The van der Waals surface area contributed by atoms with E-state index in [1.165, 1.54) is 0 Å². The van der Waals surface area contributed by atoms with Crippen LogP contribution < -0.4 is 10.2 Å². The molecule has 1 aromatic heterocycles. The standard InChI is InChI=1S/C16H26N4O2/c1-12-6-8-20(11-14(12)22-4)16(21)18-10-13-5-7-17-15(9-13)19(2)3/h5,7,9,12,14H,6,8,10-11H2,1-4H3,(H,18,21)/t12-,14-/m1/s1. The van der Waals surface area contributed by atoms with E-state index < -0.39 is 0 Å². The molecule has 0 spiro atoms. The summed E-state index contributed by atoms with van der Waals surface area (Å²) in [6.07, 6.45) is 2.87. The number of amides is 2. The lowest BCUT2D eigenvalue weighted by molar-refractivity contribution is 0.00714. The summed E-state index contributed by atoms with van der Waals surface area (Å²) >= 11 is 0. The minimum atomic E-state index is -0.0304. The van der Waals surface area contributed by atoms with Crippen molar-refractivity contribution >= 4 is 11.8 Å². The second kappa shape index (κ2) is 7.45.